The number of aliphatic carboxylic acids is 1. The molecule has 3 N–H and O–H groups in total. The Morgan fingerprint density at radius 3 is 2.39 bits per heavy atom. The summed E-state index contributed by atoms with van der Waals surface area (Å²) in [6, 6.07) is -0.173. The highest BCUT2D eigenvalue weighted by atomic mass is 16.4. The van der Waals surface area contributed by atoms with Crippen molar-refractivity contribution in [3.8, 4) is 0 Å². The number of rotatable bonds is 8. The third-order valence-electron chi connectivity index (χ3n) is 2.62. The van der Waals surface area contributed by atoms with Gasteiger partial charge in [0.25, 0.3) is 0 Å². The van der Waals surface area contributed by atoms with Crippen LogP contribution in [0.5, 0.6) is 0 Å². The molecule has 5 nitrogen and oxygen atoms in total. The summed E-state index contributed by atoms with van der Waals surface area (Å²) in [5.41, 5.74) is 0.896. The number of amides is 2. The zero-order valence-corrected chi connectivity index (χ0v) is 11.5. The highest BCUT2D eigenvalue weighted by Gasteiger charge is 2.12. The van der Waals surface area contributed by atoms with Gasteiger partial charge in [-0.15, -0.1) is 0 Å². The molecule has 18 heavy (non-hydrogen) atoms. The van der Waals surface area contributed by atoms with Crippen molar-refractivity contribution in [2.75, 3.05) is 6.54 Å². The lowest BCUT2D eigenvalue weighted by Gasteiger charge is -2.15. The highest BCUT2D eigenvalue weighted by Crippen LogP contribution is 2.09. The Balaban J connectivity index is 3.70. The lowest BCUT2D eigenvalue weighted by atomic mass is 10.0. The summed E-state index contributed by atoms with van der Waals surface area (Å²) in [5, 5.41) is 14.2. The van der Waals surface area contributed by atoms with E-state index in [2.05, 4.69) is 17.2 Å². The number of urea groups is 1. The quantitative estimate of drug-likeness (QED) is 0.582. The first-order valence-corrected chi connectivity index (χ1v) is 6.24. The number of carboxylic acid groups (broad SMARTS) is 1. The second-order valence-corrected chi connectivity index (χ2v) is 4.86. The van der Waals surface area contributed by atoms with Gasteiger partial charge < -0.3 is 15.7 Å². The molecule has 0 aromatic heterocycles. The largest absolute Gasteiger partial charge is 0.481 e. The first-order chi connectivity index (χ1) is 8.32. The van der Waals surface area contributed by atoms with E-state index in [0.29, 0.717) is 13.0 Å². The predicted molar refractivity (Wildman–Crippen MR) is 71.5 cm³/mol. The summed E-state index contributed by atoms with van der Waals surface area (Å²) >= 11 is 0. The molecule has 2 atom stereocenters. The summed E-state index contributed by atoms with van der Waals surface area (Å²) in [6.45, 7) is 9.61. The minimum Gasteiger partial charge on any atom is -0.481 e. The molecule has 0 aliphatic heterocycles. The van der Waals surface area contributed by atoms with Crippen molar-refractivity contribution in [3.05, 3.63) is 12.2 Å². The molecule has 2 amide bonds. The summed E-state index contributed by atoms with van der Waals surface area (Å²) in [7, 11) is 0. The molecule has 5 heteroatoms. The van der Waals surface area contributed by atoms with E-state index in [4.69, 9.17) is 5.11 Å². The van der Waals surface area contributed by atoms with Crippen molar-refractivity contribution in [1.29, 1.82) is 0 Å². The van der Waals surface area contributed by atoms with E-state index in [1.54, 1.807) is 6.92 Å². The summed E-state index contributed by atoms with van der Waals surface area (Å²) in [6.07, 6.45) is 2.20. The van der Waals surface area contributed by atoms with E-state index in [-0.39, 0.29) is 18.0 Å². The first-order valence-electron chi connectivity index (χ1n) is 6.24. The summed E-state index contributed by atoms with van der Waals surface area (Å²) in [4.78, 5) is 22.0. The Morgan fingerprint density at radius 2 is 1.89 bits per heavy atom. The molecule has 0 saturated heterocycles. The normalized spacial score (nSPS) is 13.5. The van der Waals surface area contributed by atoms with Crippen LogP contribution in [0.3, 0.4) is 0 Å². The average molecular weight is 256 g/mol. The van der Waals surface area contributed by atoms with Gasteiger partial charge in [0.15, 0.2) is 0 Å². The predicted octanol–water partition coefficient (Wildman–Crippen LogP) is 2.14. The second-order valence-electron chi connectivity index (χ2n) is 4.86. The minimum absolute atomic E-state index is 0.0381. The Morgan fingerprint density at radius 1 is 1.28 bits per heavy atom. The maximum atomic E-state index is 11.4. The van der Waals surface area contributed by atoms with Crippen molar-refractivity contribution in [1.82, 2.24) is 10.6 Å². The van der Waals surface area contributed by atoms with E-state index in [1.165, 1.54) is 0 Å². The number of hydrogen-bond acceptors (Lipinski definition) is 2. The summed E-state index contributed by atoms with van der Waals surface area (Å²) in [5.74, 6) is -1.09. The molecule has 0 aliphatic rings. The van der Waals surface area contributed by atoms with Gasteiger partial charge in [0.2, 0.25) is 0 Å². The van der Waals surface area contributed by atoms with Crippen LogP contribution in [-0.4, -0.2) is 29.7 Å². The van der Waals surface area contributed by atoms with Gasteiger partial charge in [-0.2, -0.15) is 0 Å². The highest BCUT2D eigenvalue weighted by molar-refractivity contribution is 5.74. The Hall–Kier alpha value is -1.52. The van der Waals surface area contributed by atoms with E-state index >= 15 is 0 Å². The smallest absolute Gasteiger partial charge is 0.315 e. The molecule has 0 saturated carbocycles. The fraction of sp³-hybridized carbons (Fsp3) is 0.692. The molecule has 0 fully saturated rings. The van der Waals surface area contributed by atoms with E-state index < -0.39 is 5.97 Å². The van der Waals surface area contributed by atoms with Gasteiger partial charge in [-0.3, -0.25) is 4.79 Å². The van der Waals surface area contributed by atoms with Gasteiger partial charge >= 0.3 is 12.0 Å². The SMILES string of the molecule is C=C(C)CNC(=O)NC(C)CCCC(C)C(=O)O. The maximum Gasteiger partial charge on any atom is 0.315 e. The standard InChI is InChI=1S/C13H24N2O3/c1-9(2)8-14-13(18)15-11(4)7-5-6-10(3)12(16)17/h10-11H,1,5-8H2,2-4H3,(H,16,17)(H2,14,15,18). The van der Waals surface area contributed by atoms with E-state index in [1.807, 2.05) is 13.8 Å². The molecule has 0 aromatic rings. The number of carbonyl (C=O) groups is 2. The van der Waals surface area contributed by atoms with Gasteiger partial charge in [0, 0.05) is 12.6 Å². The molecule has 0 rings (SSSR count). The molecule has 104 valence electrons. The van der Waals surface area contributed by atoms with Gasteiger partial charge in [-0.1, -0.05) is 25.5 Å². The van der Waals surface area contributed by atoms with Crippen LogP contribution < -0.4 is 10.6 Å². The van der Waals surface area contributed by atoms with Crippen molar-refractivity contribution in [2.45, 2.75) is 46.1 Å². The monoisotopic (exact) mass is 256 g/mol. The van der Waals surface area contributed by atoms with Gasteiger partial charge in [0.1, 0.15) is 0 Å². The molecule has 2 unspecified atom stereocenters. The molecular formula is C13H24N2O3. The topological polar surface area (TPSA) is 78.4 Å². The third kappa shape index (κ3) is 8.61. The fourth-order valence-corrected chi connectivity index (χ4v) is 1.43. The van der Waals surface area contributed by atoms with Gasteiger partial charge in [-0.05, 0) is 26.7 Å². The lowest BCUT2D eigenvalue weighted by molar-refractivity contribution is -0.141. The summed E-state index contributed by atoms with van der Waals surface area (Å²) < 4.78 is 0. The van der Waals surface area contributed by atoms with Crippen molar-refractivity contribution >= 4 is 12.0 Å². The molecule has 0 aliphatic carbocycles. The molecule has 0 spiro atoms. The van der Waals surface area contributed by atoms with E-state index in [0.717, 1.165) is 18.4 Å². The minimum atomic E-state index is -0.769. The maximum absolute atomic E-state index is 11.4. The molecular weight excluding hydrogens is 232 g/mol. The van der Waals surface area contributed by atoms with Crippen LogP contribution in [0.25, 0.3) is 0 Å². The van der Waals surface area contributed by atoms with E-state index in [9.17, 15) is 9.59 Å². The van der Waals surface area contributed by atoms with Crippen LogP contribution in [-0.2, 0) is 4.79 Å². The van der Waals surface area contributed by atoms with Crippen molar-refractivity contribution in [3.63, 3.8) is 0 Å². The van der Waals surface area contributed by atoms with Crippen LogP contribution >= 0.6 is 0 Å². The zero-order valence-electron chi connectivity index (χ0n) is 11.5. The molecule has 0 heterocycles. The van der Waals surface area contributed by atoms with Crippen LogP contribution in [0.2, 0.25) is 0 Å². The fourth-order valence-electron chi connectivity index (χ4n) is 1.43. The zero-order chi connectivity index (χ0) is 14.1. The number of carboxylic acids is 1. The second kappa shape index (κ2) is 8.55. The number of nitrogens with one attached hydrogen (secondary N) is 2. The van der Waals surface area contributed by atoms with Crippen LogP contribution in [0.4, 0.5) is 4.79 Å². The van der Waals surface area contributed by atoms with Crippen molar-refractivity contribution < 1.29 is 14.7 Å². The van der Waals surface area contributed by atoms with Gasteiger partial charge in [-0.25, -0.2) is 4.79 Å². The molecule has 0 radical (unpaired) electrons. The third-order valence-corrected chi connectivity index (χ3v) is 2.62. The van der Waals surface area contributed by atoms with Crippen LogP contribution in [0.1, 0.15) is 40.0 Å². The van der Waals surface area contributed by atoms with Crippen LogP contribution in [0, 0.1) is 5.92 Å². The van der Waals surface area contributed by atoms with Crippen LogP contribution in [0.15, 0.2) is 12.2 Å². The molecule has 0 bridgehead atoms. The number of hydrogen-bond donors (Lipinski definition) is 3. The van der Waals surface area contributed by atoms with Crippen molar-refractivity contribution in [2.24, 2.45) is 5.92 Å². The Labute approximate surface area is 109 Å². The average Bonchev–Trinajstić information content (AvgIpc) is 2.25. The Kier molecular flexibility index (Phi) is 7.83. The van der Waals surface area contributed by atoms with Gasteiger partial charge in [0.05, 0.1) is 5.92 Å². The lowest BCUT2D eigenvalue weighted by Crippen LogP contribution is -2.41. The Bertz CT molecular complexity index is 303. The number of carbonyl (C=O) groups excluding carboxylic acids is 1. The molecule has 0 aromatic carbocycles. The first kappa shape index (κ1) is 16.5.